The second kappa shape index (κ2) is 7.82. The van der Waals surface area contributed by atoms with Crippen molar-refractivity contribution in [2.45, 2.75) is 71.1 Å². The van der Waals surface area contributed by atoms with E-state index >= 15 is 0 Å². The molecule has 2 rings (SSSR count). The van der Waals surface area contributed by atoms with Crippen LogP contribution in [0, 0.1) is 0 Å². The third-order valence-electron chi connectivity index (χ3n) is 4.19. The number of hydrogen-bond acceptors (Lipinski definition) is 3. The first-order valence-corrected chi connectivity index (χ1v) is 8.69. The molecule has 0 aliphatic heterocycles. The van der Waals surface area contributed by atoms with Gasteiger partial charge in [-0.15, -0.1) is 0 Å². The number of aryl methyl sites for hydroxylation is 1. The molecule has 0 radical (unpaired) electrons. The minimum atomic E-state index is -0.460. The molecule has 0 saturated heterocycles. The first-order valence-electron chi connectivity index (χ1n) is 8.69. The van der Waals surface area contributed by atoms with E-state index in [9.17, 15) is 4.79 Å². The molecule has 0 aromatic heterocycles. The highest BCUT2D eigenvalue weighted by Gasteiger charge is 2.22. The van der Waals surface area contributed by atoms with Crippen molar-refractivity contribution in [3.63, 3.8) is 0 Å². The Morgan fingerprint density at radius 3 is 2.78 bits per heavy atom. The highest BCUT2D eigenvalue weighted by atomic mass is 16.6. The summed E-state index contributed by atoms with van der Waals surface area (Å²) in [6.45, 7) is 8.48. The highest BCUT2D eigenvalue weighted by Crippen LogP contribution is 2.29. The number of rotatable bonds is 5. The second-order valence-corrected chi connectivity index (χ2v) is 7.30. The molecule has 1 aromatic rings. The van der Waals surface area contributed by atoms with E-state index in [0.29, 0.717) is 6.04 Å². The largest absolute Gasteiger partial charge is 0.444 e. The molecule has 1 aliphatic rings. The van der Waals surface area contributed by atoms with Gasteiger partial charge < -0.3 is 15.4 Å². The molecule has 4 heteroatoms. The van der Waals surface area contributed by atoms with E-state index in [1.807, 2.05) is 20.8 Å². The molecule has 0 fully saturated rings. The van der Waals surface area contributed by atoms with E-state index < -0.39 is 5.60 Å². The molecular weight excluding hydrogens is 288 g/mol. The van der Waals surface area contributed by atoms with Crippen molar-refractivity contribution >= 4 is 6.09 Å². The number of carbonyl (C=O) groups excluding carboxylic acids is 1. The van der Waals surface area contributed by atoms with Crippen molar-refractivity contribution < 1.29 is 9.53 Å². The minimum Gasteiger partial charge on any atom is -0.444 e. The van der Waals surface area contributed by atoms with Gasteiger partial charge in [-0.2, -0.15) is 0 Å². The zero-order valence-corrected chi connectivity index (χ0v) is 14.8. The predicted octanol–water partition coefficient (Wildman–Crippen LogP) is 3.96. The Bertz CT molecular complexity index is 522. The Labute approximate surface area is 140 Å². The maximum Gasteiger partial charge on any atom is 0.407 e. The summed E-state index contributed by atoms with van der Waals surface area (Å²) in [4.78, 5) is 11.9. The van der Waals surface area contributed by atoms with Gasteiger partial charge in [-0.3, -0.25) is 0 Å². The van der Waals surface area contributed by atoms with Gasteiger partial charge in [-0.1, -0.05) is 31.2 Å². The van der Waals surface area contributed by atoms with Crippen LogP contribution >= 0.6 is 0 Å². The van der Waals surface area contributed by atoms with Crippen LogP contribution in [0.25, 0.3) is 0 Å². The van der Waals surface area contributed by atoms with Crippen LogP contribution in [-0.2, 0) is 11.2 Å². The normalized spacial score (nSPS) is 18.9. The summed E-state index contributed by atoms with van der Waals surface area (Å²) in [5, 5.41) is 6.59. The van der Waals surface area contributed by atoms with Crippen LogP contribution in [0.4, 0.5) is 4.79 Å². The quantitative estimate of drug-likeness (QED) is 0.864. The van der Waals surface area contributed by atoms with Crippen molar-refractivity contribution in [1.29, 1.82) is 0 Å². The topological polar surface area (TPSA) is 50.4 Å². The summed E-state index contributed by atoms with van der Waals surface area (Å²) < 4.78 is 5.34. The van der Waals surface area contributed by atoms with Crippen LogP contribution in [-0.4, -0.2) is 24.3 Å². The first kappa shape index (κ1) is 17.8. The first-order chi connectivity index (χ1) is 10.9. The van der Waals surface area contributed by atoms with E-state index in [4.69, 9.17) is 4.74 Å². The molecule has 2 unspecified atom stereocenters. The van der Waals surface area contributed by atoms with Gasteiger partial charge in [0.1, 0.15) is 5.60 Å². The molecule has 0 bridgehead atoms. The Morgan fingerprint density at radius 1 is 1.35 bits per heavy atom. The summed E-state index contributed by atoms with van der Waals surface area (Å²) in [6.07, 6.45) is 4.07. The van der Waals surface area contributed by atoms with Crippen LogP contribution in [0.15, 0.2) is 24.3 Å². The zero-order valence-electron chi connectivity index (χ0n) is 14.8. The number of benzene rings is 1. The molecule has 1 amide bonds. The van der Waals surface area contributed by atoms with Crippen molar-refractivity contribution in [2.75, 3.05) is 6.54 Å². The number of alkyl carbamates (subject to hydrolysis) is 1. The average Bonchev–Trinajstić information content (AvgIpc) is 2.49. The number of fused-ring (bicyclic) bond motifs is 1. The molecule has 2 atom stereocenters. The van der Waals surface area contributed by atoms with Crippen LogP contribution in [0.5, 0.6) is 0 Å². The number of nitrogens with one attached hydrogen (secondary N) is 2. The monoisotopic (exact) mass is 318 g/mol. The summed E-state index contributed by atoms with van der Waals surface area (Å²) in [6, 6.07) is 9.12. The van der Waals surface area contributed by atoms with Crippen molar-refractivity contribution in [3.05, 3.63) is 35.4 Å². The Kier molecular flexibility index (Phi) is 6.05. The standard InChI is InChI=1S/C19H30N2O2/c1-5-15(21-18(22)23-19(2,3)4)13-20-17-12-8-10-14-9-6-7-11-16(14)17/h6-7,9,11,15,17,20H,5,8,10,12-13H2,1-4H3,(H,21,22). The van der Waals surface area contributed by atoms with Gasteiger partial charge >= 0.3 is 6.09 Å². The lowest BCUT2D eigenvalue weighted by Gasteiger charge is -2.29. The SMILES string of the molecule is CCC(CNC1CCCc2ccccc21)NC(=O)OC(C)(C)C. The summed E-state index contributed by atoms with van der Waals surface area (Å²) in [5.74, 6) is 0. The predicted molar refractivity (Wildman–Crippen MR) is 93.6 cm³/mol. The fraction of sp³-hybridized carbons (Fsp3) is 0.632. The highest BCUT2D eigenvalue weighted by molar-refractivity contribution is 5.68. The zero-order chi connectivity index (χ0) is 16.9. The van der Waals surface area contributed by atoms with E-state index in [0.717, 1.165) is 19.4 Å². The van der Waals surface area contributed by atoms with Gasteiger partial charge in [0.15, 0.2) is 0 Å². The van der Waals surface area contributed by atoms with Gasteiger partial charge in [0.25, 0.3) is 0 Å². The van der Waals surface area contributed by atoms with Crippen LogP contribution in [0.3, 0.4) is 0 Å². The molecule has 23 heavy (non-hydrogen) atoms. The Morgan fingerprint density at radius 2 is 2.09 bits per heavy atom. The van der Waals surface area contributed by atoms with E-state index in [2.05, 4.69) is 41.8 Å². The number of amides is 1. The van der Waals surface area contributed by atoms with Crippen LogP contribution in [0.2, 0.25) is 0 Å². The number of hydrogen-bond donors (Lipinski definition) is 2. The lowest BCUT2D eigenvalue weighted by molar-refractivity contribution is 0.0501. The molecule has 0 saturated carbocycles. The van der Waals surface area contributed by atoms with E-state index in [-0.39, 0.29) is 12.1 Å². The van der Waals surface area contributed by atoms with Crippen molar-refractivity contribution in [3.8, 4) is 0 Å². The fourth-order valence-electron chi connectivity index (χ4n) is 3.02. The minimum absolute atomic E-state index is 0.0824. The summed E-state index contributed by atoms with van der Waals surface area (Å²) >= 11 is 0. The number of ether oxygens (including phenoxy) is 1. The van der Waals surface area contributed by atoms with Gasteiger partial charge in [0.2, 0.25) is 0 Å². The molecule has 0 spiro atoms. The molecule has 2 N–H and O–H groups in total. The molecule has 1 aromatic carbocycles. The molecule has 0 heterocycles. The molecular formula is C19H30N2O2. The maximum absolute atomic E-state index is 11.9. The lowest BCUT2D eigenvalue weighted by Crippen LogP contribution is -2.44. The van der Waals surface area contributed by atoms with Crippen LogP contribution in [0.1, 0.15) is 64.1 Å². The van der Waals surface area contributed by atoms with E-state index in [1.54, 1.807) is 0 Å². The fourth-order valence-corrected chi connectivity index (χ4v) is 3.02. The molecule has 4 nitrogen and oxygen atoms in total. The van der Waals surface area contributed by atoms with Gasteiger partial charge in [0, 0.05) is 18.6 Å². The van der Waals surface area contributed by atoms with Crippen molar-refractivity contribution in [1.82, 2.24) is 10.6 Å². The second-order valence-electron chi connectivity index (χ2n) is 7.30. The summed E-state index contributed by atoms with van der Waals surface area (Å²) in [7, 11) is 0. The van der Waals surface area contributed by atoms with Crippen LogP contribution < -0.4 is 10.6 Å². The summed E-state index contributed by atoms with van der Waals surface area (Å²) in [5.41, 5.74) is 2.40. The average molecular weight is 318 g/mol. The van der Waals surface area contributed by atoms with E-state index in [1.165, 1.54) is 24.0 Å². The van der Waals surface area contributed by atoms with Gasteiger partial charge in [0.05, 0.1) is 0 Å². The van der Waals surface area contributed by atoms with Gasteiger partial charge in [-0.05, 0) is 57.6 Å². The molecule has 128 valence electrons. The Hall–Kier alpha value is -1.55. The Balaban J connectivity index is 1.88. The lowest BCUT2D eigenvalue weighted by atomic mass is 9.87. The maximum atomic E-state index is 11.9. The third kappa shape index (κ3) is 5.54. The van der Waals surface area contributed by atoms with Crippen molar-refractivity contribution in [2.24, 2.45) is 0 Å². The third-order valence-corrected chi connectivity index (χ3v) is 4.19. The molecule has 1 aliphatic carbocycles. The smallest absolute Gasteiger partial charge is 0.407 e. The number of carbonyl (C=O) groups is 1. The van der Waals surface area contributed by atoms with Gasteiger partial charge in [-0.25, -0.2) is 4.79 Å².